The minimum Gasteiger partial charge on any atom is -0.395 e. The van der Waals surface area contributed by atoms with Crippen molar-refractivity contribution < 1.29 is 14.3 Å². The molecule has 0 aromatic heterocycles. The van der Waals surface area contributed by atoms with Gasteiger partial charge in [0.25, 0.3) is 0 Å². The first kappa shape index (κ1) is 13.0. The van der Waals surface area contributed by atoms with Gasteiger partial charge in [-0.05, 0) is 31.0 Å². The van der Waals surface area contributed by atoms with Crippen LogP contribution in [0.15, 0.2) is 18.2 Å². The number of aldehydes is 1. The first-order valence-corrected chi connectivity index (χ1v) is 6.38. The van der Waals surface area contributed by atoms with Gasteiger partial charge in [0.15, 0.2) is 0 Å². The topological polar surface area (TPSA) is 40.5 Å². The van der Waals surface area contributed by atoms with Crippen molar-refractivity contribution in [1.29, 1.82) is 0 Å². The second-order valence-corrected chi connectivity index (χ2v) is 4.68. The molecule has 1 aliphatic rings. The number of aliphatic hydroxyl groups is 1. The van der Waals surface area contributed by atoms with Gasteiger partial charge in [0.05, 0.1) is 12.3 Å². The van der Waals surface area contributed by atoms with Crippen molar-refractivity contribution in [3.63, 3.8) is 0 Å². The number of carbonyl (C=O) groups excluding carboxylic acids is 1. The fraction of sp³-hybridized carbons (Fsp3) is 0.500. The third-order valence-electron chi connectivity index (χ3n) is 3.52. The monoisotopic (exact) mass is 251 g/mol. The van der Waals surface area contributed by atoms with Crippen LogP contribution in [-0.4, -0.2) is 30.6 Å². The number of nitrogens with zero attached hydrogens (tertiary/aromatic N) is 1. The van der Waals surface area contributed by atoms with Crippen molar-refractivity contribution in [2.24, 2.45) is 0 Å². The number of aliphatic hydroxyl groups excluding tert-OH is 1. The first-order valence-electron chi connectivity index (χ1n) is 6.38. The van der Waals surface area contributed by atoms with Crippen LogP contribution < -0.4 is 4.90 Å². The molecule has 1 aromatic rings. The van der Waals surface area contributed by atoms with Crippen LogP contribution >= 0.6 is 0 Å². The van der Waals surface area contributed by atoms with E-state index in [1.807, 2.05) is 4.90 Å². The normalized spacial score (nSPS) is 15.9. The molecular formula is C14H18FNO2. The summed E-state index contributed by atoms with van der Waals surface area (Å²) in [5, 5.41) is 9.13. The summed E-state index contributed by atoms with van der Waals surface area (Å²) in [5.41, 5.74) is 0.827. The summed E-state index contributed by atoms with van der Waals surface area (Å²) < 4.78 is 14.0. The van der Waals surface area contributed by atoms with Crippen molar-refractivity contribution in [3.05, 3.63) is 29.6 Å². The molecule has 0 bridgehead atoms. The van der Waals surface area contributed by atoms with E-state index >= 15 is 0 Å². The third kappa shape index (κ3) is 2.70. The molecule has 0 heterocycles. The molecule has 0 spiro atoms. The Morgan fingerprint density at radius 3 is 2.67 bits per heavy atom. The predicted octanol–water partition coefficient (Wildman–Crippen LogP) is 2.38. The summed E-state index contributed by atoms with van der Waals surface area (Å²) in [5.74, 6) is -0.389. The highest BCUT2D eigenvalue weighted by Gasteiger charge is 2.24. The number of hydrogen-bond donors (Lipinski definition) is 1. The standard InChI is InChI=1S/C14H18FNO2/c15-13-9-11(10-18)5-6-14(13)16(7-8-17)12-3-1-2-4-12/h5-6,9-10,12,17H,1-4,7-8H2. The maximum atomic E-state index is 14.0. The number of anilines is 1. The van der Waals surface area contributed by atoms with E-state index in [0.717, 1.165) is 25.7 Å². The van der Waals surface area contributed by atoms with Gasteiger partial charge in [-0.1, -0.05) is 12.8 Å². The van der Waals surface area contributed by atoms with E-state index in [2.05, 4.69) is 0 Å². The molecule has 0 radical (unpaired) electrons. The van der Waals surface area contributed by atoms with Gasteiger partial charge in [0.1, 0.15) is 12.1 Å². The Bertz CT molecular complexity index is 416. The van der Waals surface area contributed by atoms with Gasteiger partial charge in [0.2, 0.25) is 0 Å². The summed E-state index contributed by atoms with van der Waals surface area (Å²) in [6.07, 6.45) is 5.02. The van der Waals surface area contributed by atoms with Crippen LogP contribution in [0, 0.1) is 5.82 Å². The molecule has 0 saturated heterocycles. The minimum absolute atomic E-state index is 0.00533. The second kappa shape index (κ2) is 5.96. The lowest BCUT2D eigenvalue weighted by Crippen LogP contribution is -2.36. The second-order valence-electron chi connectivity index (χ2n) is 4.68. The Morgan fingerprint density at radius 2 is 2.11 bits per heavy atom. The lowest BCUT2D eigenvalue weighted by Gasteiger charge is -2.30. The lowest BCUT2D eigenvalue weighted by atomic mass is 10.1. The predicted molar refractivity (Wildman–Crippen MR) is 68.5 cm³/mol. The number of benzene rings is 1. The fourth-order valence-electron chi connectivity index (χ4n) is 2.65. The molecule has 0 amide bonds. The molecule has 1 aromatic carbocycles. The van der Waals surface area contributed by atoms with Crippen LogP contribution in [0.5, 0.6) is 0 Å². The molecule has 98 valence electrons. The molecule has 1 saturated carbocycles. The van der Waals surface area contributed by atoms with Crippen LogP contribution in [0.3, 0.4) is 0 Å². The SMILES string of the molecule is O=Cc1ccc(N(CCO)C2CCCC2)c(F)c1. The smallest absolute Gasteiger partial charge is 0.150 e. The molecule has 4 heteroatoms. The van der Waals surface area contributed by atoms with Gasteiger partial charge in [-0.2, -0.15) is 0 Å². The van der Waals surface area contributed by atoms with Crippen molar-refractivity contribution in [1.82, 2.24) is 0 Å². The van der Waals surface area contributed by atoms with E-state index in [9.17, 15) is 9.18 Å². The van der Waals surface area contributed by atoms with E-state index in [4.69, 9.17) is 5.11 Å². The lowest BCUT2D eigenvalue weighted by molar-refractivity contribution is 0.112. The average molecular weight is 251 g/mol. The highest BCUT2D eigenvalue weighted by molar-refractivity contribution is 5.76. The molecular weight excluding hydrogens is 233 g/mol. The summed E-state index contributed by atoms with van der Waals surface area (Å²) in [7, 11) is 0. The van der Waals surface area contributed by atoms with Gasteiger partial charge in [-0.25, -0.2) is 4.39 Å². The van der Waals surface area contributed by atoms with E-state index in [1.54, 1.807) is 12.1 Å². The van der Waals surface area contributed by atoms with Crippen molar-refractivity contribution >= 4 is 12.0 Å². The molecule has 1 N–H and O–H groups in total. The van der Waals surface area contributed by atoms with Crippen LogP contribution in [0.1, 0.15) is 36.0 Å². The summed E-state index contributed by atoms with van der Waals surface area (Å²) in [4.78, 5) is 12.5. The fourth-order valence-corrected chi connectivity index (χ4v) is 2.65. The number of hydrogen-bond acceptors (Lipinski definition) is 3. The molecule has 0 atom stereocenters. The third-order valence-corrected chi connectivity index (χ3v) is 3.52. The maximum absolute atomic E-state index is 14.0. The van der Waals surface area contributed by atoms with Crippen LogP contribution in [0.25, 0.3) is 0 Å². The maximum Gasteiger partial charge on any atom is 0.150 e. The zero-order valence-corrected chi connectivity index (χ0v) is 10.3. The van der Waals surface area contributed by atoms with Crippen molar-refractivity contribution in [2.75, 3.05) is 18.1 Å². The minimum atomic E-state index is -0.389. The van der Waals surface area contributed by atoms with E-state index in [-0.39, 0.29) is 12.4 Å². The molecule has 18 heavy (non-hydrogen) atoms. The zero-order valence-electron chi connectivity index (χ0n) is 10.3. The van der Waals surface area contributed by atoms with Gasteiger partial charge < -0.3 is 10.0 Å². The van der Waals surface area contributed by atoms with Gasteiger partial charge in [-0.15, -0.1) is 0 Å². The Balaban J connectivity index is 2.26. The Hall–Kier alpha value is -1.42. The van der Waals surface area contributed by atoms with E-state index in [0.29, 0.717) is 30.1 Å². The number of rotatable bonds is 5. The molecule has 1 fully saturated rings. The zero-order chi connectivity index (χ0) is 13.0. The van der Waals surface area contributed by atoms with Crippen LogP contribution in [0.2, 0.25) is 0 Å². The van der Waals surface area contributed by atoms with Gasteiger partial charge in [-0.3, -0.25) is 4.79 Å². The highest BCUT2D eigenvalue weighted by Crippen LogP contribution is 2.29. The van der Waals surface area contributed by atoms with E-state index in [1.165, 1.54) is 6.07 Å². The molecule has 0 unspecified atom stereocenters. The Labute approximate surface area is 106 Å². The summed E-state index contributed by atoms with van der Waals surface area (Å²) in [6.45, 7) is 0.438. The van der Waals surface area contributed by atoms with E-state index < -0.39 is 0 Å². The average Bonchev–Trinajstić information content (AvgIpc) is 2.90. The summed E-state index contributed by atoms with van der Waals surface area (Å²) >= 11 is 0. The quantitative estimate of drug-likeness (QED) is 0.817. The Morgan fingerprint density at radius 1 is 1.39 bits per heavy atom. The molecule has 2 rings (SSSR count). The number of carbonyl (C=O) groups is 1. The van der Waals surface area contributed by atoms with Crippen LogP contribution in [-0.2, 0) is 0 Å². The molecule has 0 aliphatic heterocycles. The highest BCUT2D eigenvalue weighted by atomic mass is 19.1. The van der Waals surface area contributed by atoms with Crippen molar-refractivity contribution in [2.45, 2.75) is 31.7 Å². The number of halogens is 1. The van der Waals surface area contributed by atoms with Crippen molar-refractivity contribution in [3.8, 4) is 0 Å². The molecule has 3 nitrogen and oxygen atoms in total. The van der Waals surface area contributed by atoms with Crippen LogP contribution in [0.4, 0.5) is 10.1 Å². The largest absolute Gasteiger partial charge is 0.395 e. The Kier molecular flexibility index (Phi) is 4.31. The van der Waals surface area contributed by atoms with Gasteiger partial charge in [0, 0.05) is 18.2 Å². The van der Waals surface area contributed by atoms with Gasteiger partial charge >= 0.3 is 0 Å². The first-order chi connectivity index (χ1) is 8.76. The summed E-state index contributed by atoms with van der Waals surface area (Å²) in [6, 6.07) is 4.80. The molecule has 1 aliphatic carbocycles.